The van der Waals surface area contributed by atoms with Crippen molar-refractivity contribution in [3.8, 4) is 0 Å². The van der Waals surface area contributed by atoms with Crippen molar-refractivity contribution in [3.05, 3.63) is 0 Å². The van der Waals surface area contributed by atoms with Gasteiger partial charge in [-0.2, -0.15) is 0 Å². The Balaban J connectivity index is 2.53. The molecule has 0 aromatic rings. The molecule has 11 heavy (non-hydrogen) atoms. The molecular weight excluding hydrogens is 148 g/mol. The van der Waals surface area contributed by atoms with Gasteiger partial charge in [0.2, 0.25) is 0 Å². The van der Waals surface area contributed by atoms with E-state index in [0.717, 1.165) is 0 Å². The van der Waals surface area contributed by atoms with Gasteiger partial charge in [-0.25, -0.2) is 0 Å². The van der Waals surface area contributed by atoms with Crippen LogP contribution in [0.5, 0.6) is 0 Å². The molecule has 0 aromatic heterocycles. The van der Waals surface area contributed by atoms with Crippen LogP contribution in [0.2, 0.25) is 0 Å². The van der Waals surface area contributed by atoms with E-state index in [4.69, 9.17) is 9.47 Å². The Bertz CT molecular complexity index is 110. The molecule has 1 heterocycles. The minimum Gasteiger partial charge on any atom is -0.387 e. The summed E-state index contributed by atoms with van der Waals surface area (Å²) in [4.78, 5) is 0. The topological polar surface area (TPSA) is 58.9 Å². The van der Waals surface area contributed by atoms with Crippen molar-refractivity contribution in [2.24, 2.45) is 0 Å². The molecule has 4 atom stereocenters. The van der Waals surface area contributed by atoms with E-state index < -0.39 is 18.5 Å². The lowest BCUT2D eigenvalue weighted by Gasteiger charge is -2.11. The van der Waals surface area contributed by atoms with E-state index in [0.29, 0.717) is 6.42 Å². The first-order chi connectivity index (χ1) is 5.20. The minimum absolute atomic E-state index is 0.296. The van der Waals surface area contributed by atoms with Crippen molar-refractivity contribution in [2.75, 3.05) is 7.11 Å². The molecule has 0 aliphatic carbocycles. The molecule has 1 aliphatic rings. The predicted molar refractivity (Wildman–Crippen MR) is 38.0 cm³/mol. The highest BCUT2D eigenvalue weighted by molar-refractivity contribution is 4.85. The quantitative estimate of drug-likeness (QED) is 0.574. The van der Waals surface area contributed by atoms with Gasteiger partial charge in [0, 0.05) is 7.11 Å². The fourth-order valence-corrected chi connectivity index (χ4v) is 1.25. The number of hydrogen-bond donors (Lipinski definition) is 2. The van der Waals surface area contributed by atoms with E-state index in [1.165, 1.54) is 7.11 Å². The van der Waals surface area contributed by atoms with Crippen LogP contribution >= 0.6 is 0 Å². The first-order valence-electron chi connectivity index (χ1n) is 3.75. The van der Waals surface area contributed by atoms with Crippen molar-refractivity contribution in [3.63, 3.8) is 0 Å². The number of aliphatic hydroxyl groups excluding tert-OH is 2. The summed E-state index contributed by atoms with van der Waals surface area (Å²) in [7, 11) is 1.44. The van der Waals surface area contributed by atoms with Crippen LogP contribution in [0.4, 0.5) is 0 Å². The fourth-order valence-electron chi connectivity index (χ4n) is 1.25. The third-order valence-corrected chi connectivity index (χ3v) is 1.95. The molecule has 0 spiro atoms. The van der Waals surface area contributed by atoms with Gasteiger partial charge in [0.1, 0.15) is 12.2 Å². The number of methoxy groups -OCH3 is 1. The van der Waals surface area contributed by atoms with Crippen LogP contribution in [0.15, 0.2) is 0 Å². The van der Waals surface area contributed by atoms with Crippen LogP contribution in [0.3, 0.4) is 0 Å². The lowest BCUT2D eigenvalue weighted by molar-refractivity contribution is -0.148. The number of hydrogen-bond acceptors (Lipinski definition) is 4. The molecule has 4 nitrogen and oxygen atoms in total. The summed E-state index contributed by atoms with van der Waals surface area (Å²) in [5, 5.41) is 18.6. The van der Waals surface area contributed by atoms with Crippen molar-refractivity contribution in [1.82, 2.24) is 0 Å². The number of rotatable bonds is 2. The number of aliphatic hydroxyl groups is 2. The summed E-state index contributed by atoms with van der Waals surface area (Å²) < 4.78 is 9.96. The lowest BCUT2D eigenvalue weighted by atomic mass is 10.1. The molecule has 66 valence electrons. The second-order valence-corrected chi connectivity index (χ2v) is 2.67. The Morgan fingerprint density at radius 1 is 1.36 bits per heavy atom. The van der Waals surface area contributed by atoms with Gasteiger partial charge in [-0.05, 0) is 6.42 Å². The maximum atomic E-state index is 9.30. The van der Waals surface area contributed by atoms with Gasteiger partial charge in [0.05, 0.1) is 6.10 Å². The highest BCUT2D eigenvalue weighted by Crippen LogP contribution is 2.23. The zero-order valence-electron chi connectivity index (χ0n) is 6.73. The summed E-state index contributed by atoms with van der Waals surface area (Å²) in [6, 6.07) is 0. The molecule has 1 fully saturated rings. The van der Waals surface area contributed by atoms with Gasteiger partial charge in [-0.3, -0.25) is 0 Å². The Kier molecular flexibility index (Phi) is 2.84. The molecule has 1 saturated heterocycles. The second-order valence-electron chi connectivity index (χ2n) is 2.67. The van der Waals surface area contributed by atoms with E-state index >= 15 is 0 Å². The van der Waals surface area contributed by atoms with Gasteiger partial charge in [-0.1, -0.05) is 6.92 Å². The predicted octanol–water partition coefficient (Wildman–Crippen LogP) is -0.510. The van der Waals surface area contributed by atoms with E-state index in [2.05, 4.69) is 0 Å². The van der Waals surface area contributed by atoms with E-state index in [9.17, 15) is 10.2 Å². The highest BCUT2D eigenvalue weighted by atomic mass is 16.7. The maximum Gasteiger partial charge on any atom is 0.186 e. The maximum absolute atomic E-state index is 9.30. The van der Waals surface area contributed by atoms with Gasteiger partial charge < -0.3 is 19.7 Å². The standard InChI is InChI=1S/C7H14O4/c1-3-4-5(8)6(9)7(10-2)11-4/h4-9H,3H2,1-2H3/t4-,5-,6-,7-/m1/s1. The van der Waals surface area contributed by atoms with Gasteiger partial charge in [-0.15, -0.1) is 0 Å². The molecule has 0 unspecified atom stereocenters. The normalized spacial score (nSPS) is 44.7. The zero-order chi connectivity index (χ0) is 8.43. The van der Waals surface area contributed by atoms with E-state index in [-0.39, 0.29) is 6.10 Å². The molecule has 0 radical (unpaired) electrons. The number of ether oxygens (including phenoxy) is 2. The van der Waals surface area contributed by atoms with Crippen molar-refractivity contribution in [1.29, 1.82) is 0 Å². The molecule has 0 aromatic carbocycles. The summed E-state index contributed by atoms with van der Waals surface area (Å²) in [6.07, 6.45) is -2.02. The average Bonchev–Trinajstić information content (AvgIpc) is 2.30. The summed E-state index contributed by atoms with van der Waals surface area (Å²) in [5.41, 5.74) is 0. The first-order valence-corrected chi connectivity index (χ1v) is 3.75. The highest BCUT2D eigenvalue weighted by Gasteiger charge is 2.41. The third-order valence-electron chi connectivity index (χ3n) is 1.95. The van der Waals surface area contributed by atoms with E-state index in [1.807, 2.05) is 6.92 Å². The first kappa shape index (κ1) is 8.93. The van der Waals surface area contributed by atoms with Crippen LogP contribution in [0, 0.1) is 0 Å². The molecule has 0 bridgehead atoms. The SMILES string of the molecule is CC[C@H]1O[C@@H](OC)[C@H](O)[C@@H]1O. The van der Waals surface area contributed by atoms with Gasteiger partial charge >= 0.3 is 0 Å². The van der Waals surface area contributed by atoms with Crippen molar-refractivity contribution >= 4 is 0 Å². The Labute approximate surface area is 65.7 Å². The lowest BCUT2D eigenvalue weighted by Crippen LogP contribution is -2.32. The molecule has 4 heteroatoms. The average molecular weight is 162 g/mol. The molecule has 0 saturated carbocycles. The molecule has 2 N–H and O–H groups in total. The van der Waals surface area contributed by atoms with Crippen molar-refractivity contribution in [2.45, 2.75) is 37.9 Å². The smallest absolute Gasteiger partial charge is 0.186 e. The second kappa shape index (κ2) is 3.49. The molecule has 0 amide bonds. The zero-order valence-corrected chi connectivity index (χ0v) is 6.73. The summed E-state index contributed by atoms with van der Waals surface area (Å²) >= 11 is 0. The monoisotopic (exact) mass is 162 g/mol. The van der Waals surface area contributed by atoms with E-state index in [1.54, 1.807) is 0 Å². The fraction of sp³-hybridized carbons (Fsp3) is 1.00. The van der Waals surface area contributed by atoms with Crippen molar-refractivity contribution < 1.29 is 19.7 Å². The van der Waals surface area contributed by atoms with Gasteiger partial charge in [0.25, 0.3) is 0 Å². The molecular formula is C7H14O4. The summed E-state index contributed by atoms with van der Waals surface area (Å²) in [6.45, 7) is 1.89. The van der Waals surface area contributed by atoms with Crippen LogP contribution in [0.1, 0.15) is 13.3 Å². The largest absolute Gasteiger partial charge is 0.387 e. The van der Waals surface area contributed by atoms with Crippen LogP contribution < -0.4 is 0 Å². The Hall–Kier alpha value is -0.160. The molecule has 1 rings (SSSR count). The van der Waals surface area contributed by atoms with Crippen LogP contribution in [0.25, 0.3) is 0 Å². The third kappa shape index (κ3) is 1.54. The summed E-state index contributed by atoms with van der Waals surface area (Å²) in [5.74, 6) is 0. The van der Waals surface area contributed by atoms with Crippen LogP contribution in [-0.2, 0) is 9.47 Å². The minimum atomic E-state index is -0.912. The van der Waals surface area contributed by atoms with Crippen LogP contribution in [-0.4, -0.2) is 41.9 Å². The Morgan fingerprint density at radius 3 is 2.27 bits per heavy atom. The molecule has 1 aliphatic heterocycles. The Morgan fingerprint density at radius 2 is 2.00 bits per heavy atom. The van der Waals surface area contributed by atoms with Gasteiger partial charge in [0.15, 0.2) is 6.29 Å².